The summed E-state index contributed by atoms with van der Waals surface area (Å²) in [7, 11) is 0. The lowest BCUT2D eigenvalue weighted by Crippen LogP contribution is -1.88. The Labute approximate surface area is 118 Å². The number of rotatable bonds is 4. The number of benzene rings is 1. The van der Waals surface area contributed by atoms with E-state index in [1.807, 2.05) is 12.1 Å². The molecule has 96 valence electrons. The molecule has 1 aromatic carbocycles. The van der Waals surface area contributed by atoms with Crippen molar-refractivity contribution in [2.24, 2.45) is 0 Å². The van der Waals surface area contributed by atoms with Crippen molar-refractivity contribution in [3.63, 3.8) is 0 Å². The first kappa shape index (κ1) is 13.6. The lowest BCUT2D eigenvalue weighted by atomic mass is 10.0. The average molecular weight is 268 g/mol. The second-order valence-corrected chi connectivity index (χ2v) is 5.72. The average Bonchev–Trinajstić information content (AvgIpc) is 2.46. The van der Waals surface area contributed by atoms with Gasteiger partial charge >= 0.3 is 0 Å². The number of aromatic nitrogens is 1. The van der Waals surface area contributed by atoms with Gasteiger partial charge in [0.2, 0.25) is 0 Å². The van der Waals surface area contributed by atoms with Crippen LogP contribution in [0.4, 0.5) is 0 Å². The fourth-order valence-electron chi connectivity index (χ4n) is 1.74. The van der Waals surface area contributed by atoms with Gasteiger partial charge in [-0.15, -0.1) is 11.8 Å². The maximum absolute atomic E-state index is 8.81. The molecule has 2 aromatic rings. The van der Waals surface area contributed by atoms with Crippen LogP contribution in [-0.4, -0.2) is 4.98 Å². The Hall–Kier alpha value is -1.79. The summed E-state index contributed by atoms with van der Waals surface area (Å²) in [5.74, 6) is 1.43. The summed E-state index contributed by atoms with van der Waals surface area (Å²) in [6, 6.07) is 14.5. The highest BCUT2D eigenvalue weighted by atomic mass is 32.2. The minimum Gasteiger partial charge on any atom is -0.246 e. The van der Waals surface area contributed by atoms with Crippen LogP contribution in [-0.2, 0) is 5.75 Å². The SMILES string of the molecule is CC(C)c1ccc(SCc2ccnc(C#N)c2)cc1. The maximum Gasteiger partial charge on any atom is 0.140 e. The van der Waals surface area contributed by atoms with Gasteiger partial charge in [0.1, 0.15) is 11.8 Å². The molecule has 0 fully saturated rings. The van der Waals surface area contributed by atoms with Gasteiger partial charge in [-0.05, 0) is 41.3 Å². The Kier molecular flexibility index (Phi) is 4.59. The molecule has 1 aromatic heterocycles. The smallest absolute Gasteiger partial charge is 0.140 e. The van der Waals surface area contributed by atoms with Crippen molar-refractivity contribution < 1.29 is 0 Å². The first-order valence-corrected chi connectivity index (χ1v) is 7.25. The molecular formula is C16H16N2S. The molecule has 0 atom stereocenters. The van der Waals surface area contributed by atoms with E-state index in [0.29, 0.717) is 11.6 Å². The third kappa shape index (κ3) is 3.84. The van der Waals surface area contributed by atoms with Crippen molar-refractivity contribution in [2.75, 3.05) is 0 Å². The zero-order chi connectivity index (χ0) is 13.7. The molecule has 0 aliphatic carbocycles. The van der Waals surface area contributed by atoms with E-state index in [2.05, 4.69) is 49.2 Å². The summed E-state index contributed by atoms with van der Waals surface area (Å²) in [6.45, 7) is 4.39. The molecule has 0 amide bonds. The zero-order valence-corrected chi connectivity index (χ0v) is 11.9. The Balaban J connectivity index is 2.00. The van der Waals surface area contributed by atoms with Crippen LogP contribution >= 0.6 is 11.8 Å². The number of pyridine rings is 1. The van der Waals surface area contributed by atoms with Gasteiger partial charge in [-0.2, -0.15) is 5.26 Å². The van der Waals surface area contributed by atoms with Gasteiger partial charge in [0.15, 0.2) is 0 Å². The van der Waals surface area contributed by atoms with Gasteiger partial charge in [0, 0.05) is 16.8 Å². The van der Waals surface area contributed by atoms with Crippen LogP contribution in [0.3, 0.4) is 0 Å². The number of thioether (sulfide) groups is 1. The van der Waals surface area contributed by atoms with Crippen molar-refractivity contribution in [3.05, 3.63) is 59.4 Å². The summed E-state index contributed by atoms with van der Waals surface area (Å²) in [5, 5.41) is 8.81. The highest BCUT2D eigenvalue weighted by Crippen LogP contribution is 2.24. The van der Waals surface area contributed by atoms with E-state index >= 15 is 0 Å². The van der Waals surface area contributed by atoms with E-state index in [1.54, 1.807) is 18.0 Å². The number of hydrogen-bond donors (Lipinski definition) is 0. The second kappa shape index (κ2) is 6.40. The second-order valence-electron chi connectivity index (χ2n) is 4.67. The Morgan fingerprint density at radius 2 is 1.95 bits per heavy atom. The van der Waals surface area contributed by atoms with E-state index in [1.165, 1.54) is 10.5 Å². The Morgan fingerprint density at radius 3 is 2.58 bits per heavy atom. The molecule has 0 aliphatic rings. The van der Waals surface area contributed by atoms with Gasteiger partial charge in [-0.1, -0.05) is 26.0 Å². The maximum atomic E-state index is 8.81. The Bertz CT molecular complexity index is 582. The van der Waals surface area contributed by atoms with Crippen LogP contribution in [0.1, 0.15) is 36.6 Å². The molecule has 0 bridgehead atoms. The van der Waals surface area contributed by atoms with E-state index in [9.17, 15) is 0 Å². The quantitative estimate of drug-likeness (QED) is 0.773. The van der Waals surface area contributed by atoms with Crippen LogP contribution in [0.2, 0.25) is 0 Å². The molecule has 2 rings (SSSR count). The summed E-state index contributed by atoms with van der Waals surface area (Å²) in [5.41, 5.74) is 2.97. The number of nitriles is 1. The van der Waals surface area contributed by atoms with Gasteiger partial charge in [0.05, 0.1) is 0 Å². The fourth-order valence-corrected chi connectivity index (χ4v) is 2.58. The van der Waals surface area contributed by atoms with Crippen molar-refractivity contribution in [3.8, 4) is 6.07 Å². The lowest BCUT2D eigenvalue weighted by molar-refractivity contribution is 0.865. The summed E-state index contributed by atoms with van der Waals surface area (Å²) in [4.78, 5) is 5.22. The van der Waals surface area contributed by atoms with Gasteiger partial charge in [0.25, 0.3) is 0 Å². The molecule has 0 saturated carbocycles. The van der Waals surface area contributed by atoms with E-state index in [4.69, 9.17) is 5.26 Å². The molecule has 0 unspecified atom stereocenters. The van der Waals surface area contributed by atoms with Gasteiger partial charge in [-0.25, -0.2) is 4.98 Å². The third-order valence-electron chi connectivity index (χ3n) is 2.89. The Morgan fingerprint density at radius 1 is 1.21 bits per heavy atom. The molecule has 0 N–H and O–H groups in total. The van der Waals surface area contributed by atoms with Crippen LogP contribution in [0.5, 0.6) is 0 Å². The van der Waals surface area contributed by atoms with E-state index in [-0.39, 0.29) is 0 Å². The monoisotopic (exact) mass is 268 g/mol. The van der Waals surface area contributed by atoms with Crippen molar-refractivity contribution in [1.82, 2.24) is 4.98 Å². The molecule has 3 heteroatoms. The zero-order valence-electron chi connectivity index (χ0n) is 11.1. The summed E-state index contributed by atoms with van der Waals surface area (Å²) >= 11 is 1.78. The molecule has 19 heavy (non-hydrogen) atoms. The molecule has 1 heterocycles. The minimum atomic E-state index is 0.480. The first-order valence-electron chi connectivity index (χ1n) is 6.27. The summed E-state index contributed by atoms with van der Waals surface area (Å²) < 4.78 is 0. The van der Waals surface area contributed by atoms with Gasteiger partial charge < -0.3 is 0 Å². The molecule has 0 radical (unpaired) electrons. The topological polar surface area (TPSA) is 36.7 Å². The predicted octanol–water partition coefficient (Wildman–Crippen LogP) is 4.37. The standard InChI is InChI=1S/C16H16N2S/c1-12(2)14-3-5-16(6-4-14)19-11-13-7-8-18-15(9-13)10-17/h3-9,12H,11H2,1-2H3. The highest BCUT2D eigenvalue weighted by molar-refractivity contribution is 7.98. The van der Waals surface area contributed by atoms with Crippen molar-refractivity contribution in [2.45, 2.75) is 30.4 Å². The molecule has 2 nitrogen and oxygen atoms in total. The molecule has 0 aliphatic heterocycles. The lowest BCUT2D eigenvalue weighted by Gasteiger charge is -2.06. The van der Waals surface area contributed by atoms with Crippen LogP contribution in [0.25, 0.3) is 0 Å². The third-order valence-corrected chi connectivity index (χ3v) is 3.97. The highest BCUT2D eigenvalue weighted by Gasteiger charge is 2.01. The van der Waals surface area contributed by atoms with Crippen molar-refractivity contribution >= 4 is 11.8 Å². The van der Waals surface area contributed by atoms with E-state index < -0.39 is 0 Å². The molecule has 0 spiro atoms. The normalized spacial score (nSPS) is 10.4. The predicted molar refractivity (Wildman–Crippen MR) is 79.0 cm³/mol. The van der Waals surface area contributed by atoms with Crippen LogP contribution in [0, 0.1) is 11.3 Å². The molecular weight excluding hydrogens is 252 g/mol. The van der Waals surface area contributed by atoms with Crippen LogP contribution < -0.4 is 0 Å². The van der Waals surface area contributed by atoms with E-state index in [0.717, 1.165) is 11.3 Å². The molecule has 0 saturated heterocycles. The summed E-state index contributed by atoms with van der Waals surface area (Å²) in [6.07, 6.45) is 1.69. The van der Waals surface area contributed by atoms with Crippen molar-refractivity contribution in [1.29, 1.82) is 5.26 Å². The van der Waals surface area contributed by atoms with Crippen LogP contribution in [0.15, 0.2) is 47.5 Å². The first-order chi connectivity index (χ1) is 9.19. The largest absolute Gasteiger partial charge is 0.246 e. The van der Waals surface area contributed by atoms with Gasteiger partial charge in [-0.3, -0.25) is 0 Å². The number of hydrogen-bond acceptors (Lipinski definition) is 3. The fraction of sp³-hybridized carbons (Fsp3) is 0.250. The number of nitrogens with zero attached hydrogens (tertiary/aromatic N) is 2. The minimum absolute atomic E-state index is 0.480.